The molecule has 0 fully saturated rings. The van der Waals surface area contributed by atoms with Crippen LogP contribution in [0.2, 0.25) is 5.02 Å². The van der Waals surface area contributed by atoms with Crippen molar-refractivity contribution in [2.75, 3.05) is 19.0 Å². The first-order valence-electron chi connectivity index (χ1n) is 5.58. The van der Waals surface area contributed by atoms with E-state index in [-0.39, 0.29) is 0 Å². The molecule has 1 N–H and O–H groups in total. The summed E-state index contributed by atoms with van der Waals surface area (Å²) in [5.74, 6) is 0.809. The minimum absolute atomic E-state index is 0.640. The number of nitrogens with one attached hydrogen (secondary N) is 1. The fourth-order valence-corrected chi connectivity index (χ4v) is 2.24. The van der Waals surface area contributed by atoms with E-state index >= 15 is 0 Å². The van der Waals surface area contributed by atoms with Crippen molar-refractivity contribution < 1.29 is 4.74 Å². The lowest BCUT2D eigenvalue weighted by Crippen LogP contribution is -2.00. The Kier molecular flexibility index (Phi) is 4.92. The van der Waals surface area contributed by atoms with Gasteiger partial charge in [-0.05, 0) is 11.6 Å². The highest BCUT2D eigenvalue weighted by atomic mass is 35.5. The lowest BCUT2D eigenvalue weighted by atomic mass is 10.2. The van der Waals surface area contributed by atoms with Crippen molar-refractivity contribution in [3.63, 3.8) is 0 Å². The van der Waals surface area contributed by atoms with Crippen molar-refractivity contribution in [1.29, 1.82) is 0 Å². The Morgan fingerprint density at radius 3 is 3.00 bits per heavy atom. The molecule has 0 atom stereocenters. The standard InChI is InChI=1S/C12H14ClN3OS/c1-17-7-6-11-15-12(18-16-11)14-8-9-4-2-3-5-10(9)13/h2-5H,6-8H2,1H3,(H,14,15,16). The summed E-state index contributed by atoms with van der Waals surface area (Å²) >= 11 is 7.43. The molecule has 0 unspecified atom stereocenters. The molecule has 0 saturated heterocycles. The normalized spacial score (nSPS) is 10.6. The summed E-state index contributed by atoms with van der Waals surface area (Å²) in [6.07, 6.45) is 0.737. The largest absolute Gasteiger partial charge is 0.384 e. The SMILES string of the molecule is COCCc1nsc(NCc2ccccc2Cl)n1. The lowest BCUT2D eigenvalue weighted by Gasteiger charge is -2.04. The molecule has 6 heteroatoms. The molecule has 0 amide bonds. The summed E-state index contributed by atoms with van der Waals surface area (Å²) in [6.45, 7) is 1.29. The van der Waals surface area contributed by atoms with Gasteiger partial charge in [0, 0.05) is 36.6 Å². The molecule has 96 valence electrons. The van der Waals surface area contributed by atoms with E-state index in [2.05, 4.69) is 14.7 Å². The maximum Gasteiger partial charge on any atom is 0.202 e. The molecule has 0 aliphatic heterocycles. The Bertz CT molecular complexity index is 504. The van der Waals surface area contributed by atoms with Gasteiger partial charge in [-0.3, -0.25) is 0 Å². The zero-order valence-corrected chi connectivity index (χ0v) is 11.6. The zero-order chi connectivity index (χ0) is 12.8. The number of hydrogen-bond acceptors (Lipinski definition) is 5. The Labute approximate surface area is 115 Å². The maximum atomic E-state index is 6.08. The predicted molar refractivity (Wildman–Crippen MR) is 74.3 cm³/mol. The lowest BCUT2D eigenvalue weighted by molar-refractivity contribution is 0.201. The quantitative estimate of drug-likeness (QED) is 0.885. The van der Waals surface area contributed by atoms with Gasteiger partial charge >= 0.3 is 0 Å². The highest BCUT2D eigenvalue weighted by Crippen LogP contribution is 2.18. The molecule has 0 saturated carbocycles. The monoisotopic (exact) mass is 283 g/mol. The third-order valence-electron chi connectivity index (χ3n) is 2.39. The summed E-state index contributed by atoms with van der Waals surface area (Å²) in [4.78, 5) is 4.37. The summed E-state index contributed by atoms with van der Waals surface area (Å²) in [5.41, 5.74) is 1.05. The van der Waals surface area contributed by atoms with Gasteiger partial charge in [0.1, 0.15) is 5.82 Å². The van der Waals surface area contributed by atoms with Gasteiger partial charge in [-0.1, -0.05) is 29.8 Å². The Morgan fingerprint density at radius 2 is 2.22 bits per heavy atom. The van der Waals surface area contributed by atoms with Crippen LogP contribution in [0.25, 0.3) is 0 Å². The Morgan fingerprint density at radius 1 is 1.39 bits per heavy atom. The summed E-state index contributed by atoms with van der Waals surface area (Å²) in [7, 11) is 1.67. The van der Waals surface area contributed by atoms with Gasteiger partial charge < -0.3 is 10.1 Å². The van der Waals surface area contributed by atoms with Crippen LogP contribution in [0.4, 0.5) is 5.13 Å². The molecule has 0 aliphatic rings. The average molecular weight is 284 g/mol. The number of benzene rings is 1. The van der Waals surface area contributed by atoms with E-state index in [1.807, 2.05) is 24.3 Å². The fraction of sp³-hybridized carbons (Fsp3) is 0.333. The van der Waals surface area contributed by atoms with Gasteiger partial charge in [0.2, 0.25) is 5.13 Å². The van der Waals surface area contributed by atoms with Crippen LogP contribution in [0.1, 0.15) is 11.4 Å². The smallest absolute Gasteiger partial charge is 0.202 e. The summed E-state index contributed by atoms with van der Waals surface area (Å²) in [5, 5.41) is 4.78. The van der Waals surface area contributed by atoms with Crippen LogP contribution >= 0.6 is 23.1 Å². The van der Waals surface area contributed by atoms with Gasteiger partial charge in [-0.15, -0.1) is 0 Å². The molecule has 0 radical (unpaired) electrons. The van der Waals surface area contributed by atoms with Crippen LogP contribution in [0.5, 0.6) is 0 Å². The molecule has 2 aromatic rings. The van der Waals surface area contributed by atoms with Crippen LogP contribution in [0.3, 0.4) is 0 Å². The molecule has 4 nitrogen and oxygen atoms in total. The minimum atomic E-state index is 0.640. The Balaban J connectivity index is 1.90. The van der Waals surface area contributed by atoms with E-state index in [4.69, 9.17) is 16.3 Å². The number of hydrogen-bond donors (Lipinski definition) is 1. The van der Waals surface area contributed by atoms with E-state index in [0.717, 1.165) is 28.0 Å². The van der Waals surface area contributed by atoms with Crippen LogP contribution in [-0.4, -0.2) is 23.1 Å². The van der Waals surface area contributed by atoms with Crippen LogP contribution in [-0.2, 0) is 17.7 Å². The second-order valence-corrected chi connectivity index (χ2v) is 4.86. The van der Waals surface area contributed by atoms with Gasteiger partial charge in [-0.25, -0.2) is 4.98 Å². The zero-order valence-electron chi connectivity index (χ0n) is 10.0. The van der Waals surface area contributed by atoms with E-state index in [1.165, 1.54) is 11.5 Å². The number of methoxy groups -OCH3 is 1. The number of ether oxygens (including phenoxy) is 1. The van der Waals surface area contributed by atoms with Crippen molar-refractivity contribution >= 4 is 28.3 Å². The third kappa shape index (κ3) is 3.66. The summed E-state index contributed by atoms with van der Waals surface area (Å²) < 4.78 is 9.23. The number of nitrogens with zero attached hydrogens (tertiary/aromatic N) is 2. The molecule has 0 bridgehead atoms. The molecule has 1 heterocycles. The van der Waals surface area contributed by atoms with Crippen LogP contribution < -0.4 is 5.32 Å². The van der Waals surface area contributed by atoms with Crippen LogP contribution in [0, 0.1) is 0 Å². The molecular formula is C12H14ClN3OS. The second-order valence-electron chi connectivity index (χ2n) is 3.70. The molecule has 0 aliphatic carbocycles. The third-order valence-corrected chi connectivity index (χ3v) is 3.47. The van der Waals surface area contributed by atoms with Crippen molar-refractivity contribution in [2.24, 2.45) is 0 Å². The van der Waals surface area contributed by atoms with Crippen molar-refractivity contribution in [2.45, 2.75) is 13.0 Å². The minimum Gasteiger partial charge on any atom is -0.384 e. The molecule has 1 aromatic carbocycles. The second kappa shape index (κ2) is 6.68. The topological polar surface area (TPSA) is 47.0 Å². The molecule has 0 spiro atoms. The maximum absolute atomic E-state index is 6.08. The molecular weight excluding hydrogens is 270 g/mol. The van der Waals surface area contributed by atoms with Crippen LogP contribution in [0.15, 0.2) is 24.3 Å². The van der Waals surface area contributed by atoms with E-state index < -0.39 is 0 Å². The Hall–Kier alpha value is -1.17. The number of halogens is 1. The molecule has 1 aromatic heterocycles. The summed E-state index contributed by atoms with van der Waals surface area (Å²) in [6, 6.07) is 7.75. The van der Waals surface area contributed by atoms with Gasteiger partial charge in [0.25, 0.3) is 0 Å². The first-order chi connectivity index (χ1) is 8.79. The van der Waals surface area contributed by atoms with Gasteiger partial charge in [0.05, 0.1) is 6.61 Å². The van der Waals surface area contributed by atoms with Gasteiger partial charge in [0.15, 0.2) is 0 Å². The molecule has 2 rings (SSSR count). The number of rotatable bonds is 6. The van der Waals surface area contributed by atoms with Crippen molar-refractivity contribution in [3.8, 4) is 0 Å². The van der Waals surface area contributed by atoms with E-state index in [1.54, 1.807) is 7.11 Å². The number of aromatic nitrogens is 2. The van der Waals surface area contributed by atoms with Gasteiger partial charge in [-0.2, -0.15) is 4.37 Å². The number of anilines is 1. The highest BCUT2D eigenvalue weighted by Gasteiger charge is 2.04. The fourth-order valence-electron chi connectivity index (χ4n) is 1.43. The van der Waals surface area contributed by atoms with E-state index in [0.29, 0.717) is 13.2 Å². The molecule has 18 heavy (non-hydrogen) atoms. The van der Waals surface area contributed by atoms with E-state index in [9.17, 15) is 0 Å². The van der Waals surface area contributed by atoms with Crippen molar-refractivity contribution in [3.05, 3.63) is 40.7 Å². The predicted octanol–water partition coefficient (Wildman–Crippen LogP) is 2.99. The first kappa shape index (κ1) is 13.3. The van der Waals surface area contributed by atoms with Crippen molar-refractivity contribution in [1.82, 2.24) is 9.36 Å². The highest BCUT2D eigenvalue weighted by molar-refractivity contribution is 7.09. The average Bonchev–Trinajstić information content (AvgIpc) is 2.83. The first-order valence-corrected chi connectivity index (χ1v) is 6.73.